The molecule has 108 valence electrons. The minimum absolute atomic E-state index is 0.338. The molecule has 0 radical (unpaired) electrons. The molecule has 2 aliphatic rings. The molecule has 0 spiro atoms. The van der Waals surface area contributed by atoms with Crippen LogP contribution in [-0.2, 0) is 0 Å². The summed E-state index contributed by atoms with van der Waals surface area (Å²) >= 11 is 0. The Morgan fingerprint density at radius 3 is 2.80 bits per heavy atom. The molecule has 0 aromatic carbocycles. The van der Waals surface area contributed by atoms with E-state index < -0.39 is 5.97 Å². The molecule has 1 saturated heterocycles. The van der Waals surface area contributed by atoms with E-state index in [4.69, 9.17) is 0 Å². The van der Waals surface area contributed by atoms with Gasteiger partial charge in [-0.1, -0.05) is 19.3 Å². The fourth-order valence-electron chi connectivity index (χ4n) is 3.79. The van der Waals surface area contributed by atoms with Crippen LogP contribution in [0.1, 0.15) is 48.2 Å². The van der Waals surface area contributed by atoms with Crippen molar-refractivity contribution >= 4 is 11.7 Å². The lowest BCUT2D eigenvalue weighted by Crippen LogP contribution is -2.42. The zero-order valence-electron chi connectivity index (χ0n) is 12.0. The molecule has 1 N–H and O–H groups in total. The van der Waals surface area contributed by atoms with Gasteiger partial charge in [-0.3, -0.25) is 4.98 Å². The highest BCUT2D eigenvalue weighted by atomic mass is 16.4. The van der Waals surface area contributed by atoms with Gasteiger partial charge in [-0.15, -0.1) is 0 Å². The predicted molar refractivity (Wildman–Crippen MR) is 78.2 cm³/mol. The van der Waals surface area contributed by atoms with Crippen LogP contribution in [0.3, 0.4) is 0 Å². The summed E-state index contributed by atoms with van der Waals surface area (Å²) in [5.41, 5.74) is 2.08. The Morgan fingerprint density at radius 2 is 2.05 bits per heavy atom. The number of fused-ring (bicyclic) bond motifs is 1. The van der Waals surface area contributed by atoms with Crippen molar-refractivity contribution in [3.05, 3.63) is 23.5 Å². The van der Waals surface area contributed by atoms with E-state index in [0.717, 1.165) is 36.3 Å². The number of pyridine rings is 1. The van der Waals surface area contributed by atoms with Crippen molar-refractivity contribution in [1.29, 1.82) is 0 Å². The molecule has 1 aromatic rings. The lowest BCUT2D eigenvalue weighted by molar-refractivity contribution is 0.0696. The third kappa shape index (κ3) is 2.51. The summed E-state index contributed by atoms with van der Waals surface area (Å²) < 4.78 is 0. The smallest absolute Gasteiger partial charge is 0.339 e. The molecule has 0 bridgehead atoms. The Kier molecular flexibility index (Phi) is 3.64. The number of aromatic carboxylic acids is 1. The molecule has 1 saturated carbocycles. The Labute approximate surface area is 119 Å². The quantitative estimate of drug-likeness (QED) is 0.900. The van der Waals surface area contributed by atoms with Crippen molar-refractivity contribution in [3.8, 4) is 0 Å². The van der Waals surface area contributed by atoms with Crippen molar-refractivity contribution < 1.29 is 9.90 Å². The first-order valence-corrected chi connectivity index (χ1v) is 7.60. The average Bonchev–Trinajstić information content (AvgIpc) is 2.46. The van der Waals surface area contributed by atoms with Gasteiger partial charge in [0.15, 0.2) is 0 Å². The second-order valence-corrected chi connectivity index (χ2v) is 6.19. The average molecular weight is 274 g/mol. The molecule has 2 atom stereocenters. The molecule has 1 aromatic heterocycles. The molecule has 2 unspecified atom stereocenters. The first kappa shape index (κ1) is 13.4. The zero-order valence-corrected chi connectivity index (χ0v) is 12.0. The monoisotopic (exact) mass is 274 g/mol. The van der Waals surface area contributed by atoms with Crippen LogP contribution in [0, 0.1) is 18.8 Å². The maximum absolute atomic E-state index is 11.4. The zero-order chi connectivity index (χ0) is 14.1. The Bertz CT molecular complexity index is 515. The van der Waals surface area contributed by atoms with E-state index in [-0.39, 0.29) is 0 Å². The molecule has 0 amide bonds. The second-order valence-electron chi connectivity index (χ2n) is 6.19. The van der Waals surface area contributed by atoms with Gasteiger partial charge in [0.25, 0.3) is 0 Å². The van der Waals surface area contributed by atoms with Gasteiger partial charge in [0, 0.05) is 25.0 Å². The van der Waals surface area contributed by atoms with Crippen LogP contribution in [0.15, 0.2) is 12.3 Å². The number of piperidine rings is 1. The standard InChI is InChI=1S/C16H22N2O2/c1-11-8-15(14(9-17-11)16(19)20)18-7-6-12-4-2-3-5-13(12)10-18/h8-9,12-13H,2-7,10H2,1H3,(H,19,20). The van der Waals surface area contributed by atoms with Crippen LogP contribution in [0.25, 0.3) is 0 Å². The number of aromatic nitrogens is 1. The van der Waals surface area contributed by atoms with Gasteiger partial charge in [-0.2, -0.15) is 0 Å². The number of carboxylic acids is 1. The summed E-state index contributed by atoms with van der Waals surface area (Å²) in [7, 11) is 0. The van der Waals surface area contributed by atoms with Crippen LogP contribution in [0.4, 0.5) is 5.69 Å². The van der Waals surface area contributed by atoms with Crippen molar-refractivity contribution in [2.24, 2.45) is 11.8 Å². The van der Waals surface area contributed by atoms with E-state index in [1.54, 1.807) is 0 Å². The van der Waals surface area contributed by atoms with Gasteiger partial charge in [-0.25, -0.2) is 4.79 Å². The number of hydrogen-bond acceptors (Lipinski definition) is 3. The summed E-state index contributed by atoms with van der Waals surface area (Å²) in [4.78, 5) is 17.8. The third-order valence-corrected chi connectivity index (χ3v) is 4.88. The lowest BCUT2D eigenvalue weighted by atomic mass is 9.75. The molecule has 4 heteroatoms. The van der Waals surface area contributed by atoms with E-state index in [1.165, 1.54) is 38.3 Å². The molecule has 3 rings (SSSR count). The Morgan fingerprint density at radius 1 is 1.30 bits per heavy atom. The van der Waals surface area contributed by atoms with E-state index in [1.807, 2.05) is 13.0 Å². The number of rotatable bonds is 2. The minimum atomic E-state index is -0.877. The first-order valence-electron chi connectivity index (χ1n) is 7.60. The normalized spacial score (nSPS) is 26.1. The third-order valence-electron chi connectivity index (χ3n) is 4.88. The van der Waals surface area contributed by atoms with Crippen LogP contribution < -0.4 is 4.90 Å². The van der Waals surface area contributed by atoms with E-state index in [2.05, 4.69) is 9.88 Å². The summed E-state index contributed by atoms with van der Waals surface area (Å²) in [5.74, 6) is 0.724. The number of nitrogens with zero attached hydrogens (tertiary/aromatic N) is 2. The van der Waals surface area contributed by atoms with Gasteiger partial charge < -0.3 is 10.0 Å². The maximum Gasteiger partial charge on any atom is 0.339 e. The Balaban J connectivity index is 1.85. The second kappa shape index (κ2) is 5.43. The summed E-state index contributed by atoms with van der Waals surface area (Å²) in [6.45, 7) is 3.90. The van der Waals surface area contributed by atoms with E-state index in [0.29, 0.717) is 5.56 Å². The van der Waals surface area contributed by atoms with Gasteiger partial charge in [0.1, 0.15) is 5.56 Å². The lowest BCUT2D eigenvalue weighted by Gasteiger charge is -2.42. The number of carbonyl (C=O) groups is 1. The van der Waals surface area contributed by atoms with Gasteiger partial charge >= 0.3 is 5.97 Å². The SMILES string of the molecule is Cc1cc(N2CCC3CCCCC3C2)c(C(=O)O)cn1. The van der Waals surface area contributed by atoms with Crippen LogP contribution >= 0.6 is 0 Å². The maximum atomic E-state index is 11.4. The van der Waals surface area contributed by atoms with E-state index >= 15 is 0 Å². The van der Waals surface area contributed by atoms with Crippen LogP contribution in [0.5, 0.6) is 0 Å². The molecule has 1 aliphatic carbocycles. The van der Waals surface area contributed by atoms with Crippen LogP contribution in [0.2, 0.25) is 0 Å². The summed E-state index contributed by atoms with van der Waals surface area (Å²) in [6, 6.07) is 1.92. The topological polar surface area (TPSA) is 53.4 Å². The summed E-state index contributed by atoms with van der Waals surface area (Å²) in [5, 5.41) is 9.35. The van der Waals surface area contributed by atoms with Gasteiger partial charge in [-0.05, 0) is 37.7 Å². The number of aryl methyl sites for hydroxylation is 1. The highest BCUT2D eigenvalue weighted by molar-refractivity contribution is 5.94. The van der Waals surface area contributed by atoms with E-state index in [9.17, 15) is 9.90 Å². The van der Waals surface area contributed by atoms with Crippen molar-refractivity contribution in [1.82, 2.24) is 4.98 Å². The largest absolute Gasteiger partial charge is 0.478 e. The molecule has 2 heterocycles. The number of carboxylic acid groups (broad SMARTS) is 1. The fraction of sp³-hybridized carbons (Fsp3) is 0.625. The molecular weight excluding hydrogens is 252 g/mol. The summed E-state index contributed by atoms with van der Waals surface area (Å²) in [6.07, 6.45) is 8.06. The first-order chi connectivity index (χ1) is 9.65. The molecule has 1 aliphatic heterocycles. The van der Waals surface area contributed by atoms with Crippen LogP contribution in [-0.4, -0.2) is 29.1 Å². The minimum Gasteiger partial charge on any atom is -0.478 e. The molecule has 2 fully saturated rings. The molecule has 4 nitrogen and oxygen atoms in total. The van der Waals surface area contributed by atoms with Crippen molar-refractivity contribution in [2.45, 2.75) is 39.0 Å². The predicted octanol–water partition coefficient (Wildman–Crippen LogP) is 3.10. The van der Waals surface area contributed by atoms with Gasteiger partial charge in [0.05, 0.1) is 5.69 Å². The fourth-order valence-corrected chi connectivity index (χ4v) is 3.79. The molecular formula is C16H22N2O2. The van der Waals surface area contributed by atoms with Crippen molar-refractivity contribution in [3.63, 3.8) is 0 Å². The highest BCUT2D eigenvalue weighted by Gasteiger charge is 2.32. The van der Waals surface area contributed by atoms with Crippen molar-refractivity contribution in [2.75, 3.05) is 18.0 Å². The number of hydrogen-bond donors (Lipinski definition) is 1. The molecule has 20 heavy (non-hydrogen) atoms. The van der Waals surface area contributed by atoms with Gasteiger partial charge in [0.2, 0.25) is 0 Å². The number of anilines is 1. The Hall–Kier alpha value is -1.58. The highest BCUT2D eigenvalue weighted by Crippen LogP contribution is 2.38.